The molecule has 0 saturated heterocycles. The van der Waals surface area contributed by atoms with E-state index in [1.54, 1.807) is 0 Å². The second-order valence-electron chi connectivity index (χ2n) is 7.53. The summed E-state index contributed by atoms with van der Waals surface area (Å²) in [5, 5.41) is 0. The Labute approximate surface area is 118 Å². The van der Waals surface area contributed by atoms with Crippen LogP contribution in [0.15, 0.2) is 0 Å². The van der Waals surface area contributed by atoms with E-state index in [4.69, 9.17) is 10.5 Å². The highest BCUT2D eigenvalue weighted by Gasteiger charge is 2.35. The summed E-state index contributed by atoms with van der Waals surface area (Å²) in [6.07, 6.45) is 4.08. The standard InChI is InChI=1S/C16H31NO2/c1-11(2)6-13(10-17)15(18)19-14-7-12(3)8-16(4,5)9-14/h11-14H,6-10,17H2,1-5H3. The Kier molecular flexibility index (Phi) is 5.84. The number of carbonyl (C=O) groups is 1. The van der Waals surface area contributed by atoms with E-state index < -0.39 is 0 Å². The quantitative estimate of drug-likeness (QED) is 0.779. The lowest BCUT2D eigenvalue weighted by atomic mass is 9.71. The van der Waals surface area contributed by atoms with Gasteiger partial charge in [0.1, 0.15) is 6.10 Å². The van der Waals surface area contributed by atoms with Gasteiger partial charge in [-0.05, 0) is 42.9 Å². The van der Waals surface area contributed by atoms with Crippen LogP contribution >= 0.6 is 0 Å². The Morgan fingerprint density at radius 1 is 1.37 bits per heavy atom. The lowest BCUT2D eigenvalue weighted by molar-refractivity contribution is -0.158. The zero-order chi connectivity index (χ0) is 14.6. The zero-order valence-corrected chi connectivity index (χ0v) is 13.2. The molecule has 0 aromatic carbocycles. The van der Waals surface area contributed by atoms with Crippen LogP contribution in [-0.2, 0) is 9.53 Å². The second kappa shape index (κ2) is 6.74. The third kappa shape index (κ3) is 5.52. The van der Waals surface area contributed by atoms with Crippen LogP contribution in [0.2, 0.25) is 0 Å². The summed E-state index contributed by atoms with van der Waals surface area (Å²) in [4.78, 5) is 12.2. The Balaban J connectivity index is 2.55. The summed E-state index contributed by atoms with van der Waals surface area (Å²) in [7, 11) is 0. The summed E-state index contributed by atoms with van der Waals surface area (Å²) in [6, 6.07) is 0. The minimum Gasteiger partial charge on any atom is -0.462 e. The topological polar surface area (TPSA) is 52.3 Å². The van der Waals surface area contributed by atoms with E-state index in [2.05, 4.69) is 34.6 Å². The third-order valence-electron chi connectivity index (χ3n) is 4.00. The van der Waals surface area contributed by atoms with Crippen LogP contribution in [0, 0.1) is 23.2 Å². The van der Waals surface area contributed by atoms with E-state index in [0.717, 1.165) is 19.3 Å². The molecule has 1 aliphatic rings. The van der Waals surface area contributed by atoms with Crippen LogP contribution in [0.25, 0.3) is 0 Å². The van der Waals surface area contributed by atoms with Crippen LogP contribution in [0.5, 0.6) is 0 Å². The van der Waals surface area contributed by atoms with Crippen molar-refractivity contribution < 1.29 is 9.53 Å². The van der Waals surface area contributed by atoms with Crippen LogP contribution in [0.3, 0.4) is 0 Å². The van der Waals surface area contributed by atoms with E-state index >= 15 is 0 Å². The van der Waals surface area contributed by atoms with E-state index in [-0.39, 0.29) is 23.4 Å². The van der Waals surface area contributed by atoms with Gasteiger partial charge in [0.2, 0.25) is 0 Å². The number of ether oxygens (including phenoxy) is 1. The van der Waals surface area contributed by atoms with Crippen molar-refractivity contribution in [1.82, 2.24) is 0 Å². The first-order valence-electron chi connectivity index (χ1n) is 7.64. The fraction of sp³-hybridized carbons (Fsp3) is 0.938. The lowest BCUT2D eigenvalue weighted by Crippen LogP contribution is -2.37. The molecule has 19 heavy (non-hydrogen) atoms. The van der Waals surface area contributed by atoms with Gasteiger partial charge in [0.25, 0.3) is 0 Å². The number of hydrogen-bond donors (Lipinski definition) is 1. The molecule has 1 fully saturated rings. The Morgan fingerprint density at radius 2 is 2.00 bits per heavy atom. The maximum Gasteiger partial charge on any atom is 0.310 e. The van der Waals surface area contributed by atoms with E-state index in [1.165, 1.54) is 6.42 Å². The van der Waals surface area contributed by atoms with Crippen molar-refractivity contribution in [3.63, 3.8) is 0 Å². The molecule has 3 nitrogen and oxygen atoms in total. The molecular formula is C16H31NO2. The summed E-state index contributed by atoms with van der Waals surface area (Å²) >= 11 is 0. The van der Waals surface area contributed by atoms with Gasteiger partial charge >= 0.3 is 5.97 Å². The number of nitrogens with two attached hydrogens (primary N) is 1. The highest BCUT2D eigenvalue weighted by Crippen LogP contribution is 2.39. The summed E-state index contributed by atoms with van der Waals surface area (Å²) in [5.41, 5.74) is 5.98. The summed E-state index contributed by atoms with van der Waals surface area (Å²) in [5.74, 6) is 0.872. The van der Waals surface area contributed by atoms with Crippen molar-refractivity contribution in [2.45, 2.75) is 66.4 Å². The molecule has 1 aliphatic carbocycles. The van der Waals surface area contributed by atoms with Crippen molar-refractivity contribution in [3.05, 3.63) is 0 Å². The van der Waals surface area contributed by atoms with Crippen LogP contribution in [0.1, 0.15) is 60.3 Å². The molecule has 0 radical (unpaired) electrons. The smallest absolute Gasteiger partial charge is 0.310 e. The predicted molar refractivity (Wildman–Crippen MR) is 78.7 cm³/mol. The number of carbonyl (C=O) groups excluding carboxylic acids is 1. The van der Waals surface area contributed by atoms with Gasteiger partial charge in [-0.1, -0.05) is 34.6 Å². The van der Waals surface area contributed by atoms with Gasteiger partial charge in [-0.2, -0.15) is 0 Å². The van der Waals surface area contributed by atoms with E-state index in [0.29, 0.717) is 18.4 Å². The highest BCUT2D eigenvalue weighted by molar-refractivity contribution is 5.72. The Morgan fingerprint density at radius 3 is 2.47 bits per heavy atom. The molecule has 112 valence electrons. The van der Waals surface area contributed by atoms with Crippen LogP contribution in [0.4, 0.5) is 0 Å². The normalized spacial score (nSPS) is 28.2. The monoisotopic (exact) mass is 269 g/mol. The first-order valence-corrected chi connectivity index (χ1v) is 7.64. The van der Waals surface area contributed by atoms with Crippen molar-refractivity contribution in [1.29, 1.82) is 0 Å². The minimum atomic E-state index is -0.139. The van der Waals surface area contributed by atoms with Gasteiger partial charge in [0.05, 0.1) is 5.92 Å². The van der Waals surface area contributed by atoms with Crippen LogP contribution < -0.4 is 5.73 Å². The molecule has 3 heteroatoms. The highest BCUT2D eigenvalue weighted by atomic mass is 16.5. The lowest BCUT2D eigenvalue weighted by Gasteiger charge is -2.38. The number of rotatable bonds is 5. The third-order valence-corrected chi connectivity index (χ3v) is 4.00. The largest absolute Gasteiger partial charge is 0.462 e. The molecule has 3 unspecified atom stereocenters. The molecule has 0 bridgehead atoms. The number of esters is 1. The first kappa shape index (κ1) is 16.5. The van der Waals surface area contributed by atoms with Gasteiger partial charge < -0.3 is 10.5 Å². The molecule has 0 aromatic rings. The van der Waals surface area contributed by atoms with Crippen molar-refractivity contribution >= 4 is 5.97 Å². The van der Waals surface area contributed by atoms with Crippen molar-refractivity contribution in [3.8, 4) is 0 Å². The molecule has 2 N–H and O–H groups in total. The minimum absolute atomic E-state index is 0.0764. The van der Waals surface area contributed by atoms with Gasteiger partial charge in [-0.25, -0.2) is 0 Å². The molecule has 1 saturated carbocycles. The second-order valence-corrected chi connectivity index (χ2v) is 7.53. The van der Waals surface area contributed by atoms with Gasteiger partial charge in [-0.3, -0.25) is 4.79 Å². The predicted octanol–water partition coefficient (Wildman–Crippen LogP) is 3.37. The zero-order valence-electron chi connectivity index (χ0n) is 13.2. The van der Waals surface area contributed by atoms with Crippen molar-refractivity contribution in [2.75, 3.05) is 6.54 Å². The van der Waals surface area contributed by atoms with E-state index in [1.807, 2.05) is 0 Å². The Hall–Kier alpha value is -0.570. The number of hydrogen-bond acceptors (Lipinski definition) is 3. The van der Waals surface area contributed by atoms with Crippen molar-refractivity contribution in [2.24, 2.45) is 28.9 Å². The van der Waals surface area contributed by atoms with Gasteiger partial charge in [0, 0.05) is 6.54 Å². The molecular weight excluding hydrogens is 238 g/mol. The Bertz CT molecular complexity index is 299. The van der Waals surface area contributed by atoms with Gasteiger partial charge in [0.15, 0.2) is 0 Å². The molecule has 0 spiro atoms. The van der Waals surface area contributed by atoms with Crippen LogP contribution in [-0.4, -0.2) is 18.6 Å². The fourth-order valence-corrected chi connectivity index (χ4v) is 3.47. The SMILES string of the molecule is CC(C)CC(CN)C(=O)OC1CC(C)CC(C)(C)C1. The fourth-order valence-electron chi connectivity index (χ4n) is 3.47. The molecule has 3 atom stereocenters. The molecule has 0 aliphatic heterocycles. The summed E-state index contributed by atoms with van der Waals surface area (Å²) in [6.45, 7) is 11.4. The maximum absolute atomic E-state index is 12.2. The van der Waals surface area contributed by atoms with Gasteiger partial charge in [-0.15, -0.1) is 0 Å². The molecule has 0 aromatic heterocycles. The maximum atomic E-state index is 12.2. The molecule has 1 rings (SSSR count). The van der Waals surface area contributed by atoms with E-state index in [9.17, 15) is 4.79 Å². The molecule has 0 amide bonds. The summed E-state index contributed by atoms with van der Waals surface area (Å²) < 4.78 is 5.73. The average molecular weight is 269 g/mol. The average Bonchev–Trinajstić information content (AvgIpc) is 2.22. The molecule has 0 heterocycles. The first-order chi connectivity index (χ1) is 8.73.